The van der Waals surface area contributed by atoms with Gasteiger partial charge < -0.3 is 5.32 Å². The number of hydrogen-bond donors (Lipinski definition) is 1. The smallest absolute Gasteiger partial charge is 0.250 e. The molecule has 30 heavy (non-hydrogen) atoms. The summed E-state index contributed by atoms with van der Waals surface area (Å²) in [6.07, 6.45) is 1.74. The van der Waals surface area contributed by atoms with Crippen LogP contribution >= 0.6 is 15.9 Å². The zero-order chi connectivity index (χ0) is 20.8. The van der Waals surface area contributed by atoms with Crippen molar-refractivity contribution in [3.8, 4) is 0 Å². The lowest BCUT2D eigenvalue weighted by molar-refractivity contribution is -0.135. The maximum Gasteiger partial charge on any atom is 0.250 e. The van der Waals surface area contributed by atoms with Crippen LogP contribution in [0.5, 0.6) is 0 Å². The summed E-state index contributed by atoms with van der Waals surface area (Å²) >= 11 is 3.40. The standard InChI is InChI=1S/C23H20BrN3O3/c1-12-4-9-16-15(11-12)23(22(30)25-16)19-18(17-3-2-10-26(17)23)20(28)27(21(19)29)14-7-5-13(24)6-8-14/h4-9,11,17-19H,2-3,10H2,1H3,(H,25,30)/t17-,18-,19-,23+/m0/s1. The number of hydrogen-bond acceptors (Lipinski definition) is 4. The molecule has 7 heteroatoms. The SMILES string of the molecule is Cc1ccc2c(c1)[C@]1(C(=O)N2)[C@@H]2C(=O)N(c3ccc(Br)cc3)C(=O)[C@H]2[C@@H]2CCCN21. The number of nitrogens with zero attached hydrogens (tertiary/aromatic N) is 2. The summed E-state index contributed by atoms with van der Waals surface area (Å²) in [5, 5.41) is 3.01. The number of imide groups is 1. The van der Waals surface area contributed by atoms with E-state index in [1.165, 1.54) is 4.90 Å². The highest BCUT2D eigenvalue weighted by atomic mass is 79.9. The summed E-state index contributed by atoms with van der Waals surface area (Å²) in [6.45, 7) is 2.71. The fourth-order valence-corrected chi connectivity index (χ4v) is 6.43. The molecule has 3 amide bonds. The Hall–Kier alpha value is -2.51. The van der Waals surface area contributed by atoms with Crippen LogP contribution in [0.4, 0.5) is 11.4 Å². The zero-order valence-corrected chi connectivity index (χ0v) is 18.0. The van der Waals surface area contributed by atoms with Gasteiger partial charge in [-0.05, 0) is 56.6 Å². The Labute approximate surface area is 182 Å². The molecule has 6 nitrogen and oxygen atoms in total. The fourth-order valence-electron chi connectivity index (χ4n) is 6.16. The van der Waals surface area contributed by atoms with Gasteiger partial charge in [0.25, 0.3) is 0 Å². The van der Waals surface area contributed by atoms with Crippen LogP contribution in [0.1, 0.15) is 24.0 Å². The molecule has 1 N–H and O–H groups in total. The molecule has 3 fully saturated rings. The minimum absolute atomic E-state index is 0.0934. The lowest BCUT2D eigenvalue weighted by atomic mass is 9.75. The van der Waals surface area contributed by atoms with Gasteiger partial charge in [0.2, 0.25) is 17.7 Å². The number of nitrogens with one attached hydrogen (secondary N) is 1. The maximum absolute atomic E-state index is 13.8. The first-order chi connectivity index (χ1) is 14.4. The van der Waals surface area contributed by atoms with E-state index in [4.69, 9.17) is 0 Å². The second-order valence-corrected chi connectivity index (χ2v) is 9.58. The highest BCUT2D eigenvalue weighted by molar-refractivity contribution is 9.10. The molecule has 4 aliphatic heterocycles. The van der Waals surface area contributed by atoms with Gasteiger partial charge in [-0.25, -0.2) is 4.90 Å². The normalized spacial score (nSPS) is 32.0. The first-order valence-electron chi connectivity index (χ1n) is 10.3. The van der Waals surface area contributed by atoms with Gasteiger partial charge >= 0.3 is 0 Å². The summed E-state index contributed by atoms with van der Waals surface area (Å²) in [6, 6.07) is 13.0. The molecule has 3 saturated heterocycles. The van der Waals surface area contributed by atoms with Crippen molar-refractivity contribution in [1.82, 2.24) is 4.90 Å². The summed E-state index contributed by atoms with van der Waals surface area (Å²) in [5.41, 5.74) is 2.07. The van der Waals surface area contributed by atoms with Crippen molar-refractivity contribution < 1.29 is 14.4 Å². The molecule has 4 heterocycles. The quantitative estimate of drug-likeness (QED) is 0.656. The van der Waals surface area contributed by atoms with Crippen molar-refractivity contribution in [3.63, 3.8) is 0 Å². The molecule has 2 aromatic rings. The predicted molar refractivity (Wildman–Crippen MR) is 115 cm³/mol. The predicted octanol–water partition coefficient (Wildman–Crippen LogP) is 3.19. The van der Waals surface area contributed by atoms with Crippen molar-refractivity contribution in [2.75, 3.05) is 16.8 Å². The average Bonchev–Trinajstić information content (AvgIpc) is 3.42. The Kier molecular flexibility index (Phi) is 3.66. The van der Waals surface area contributed by atoms with Gasteiger partial charge in [-0.1, -0.05) is 33.6 Å². The highest BCUT2D eigenvalue weighted by Crippen LogP contribution is 2.60. The molecule has 0 aliphatic carbocycles. The van der Waals surface area contributed by atoms with Crippen molar-refractivity contribution in [3.05, 3.63) is 58.1 Å². The Morgan fingerprint density at radius 3 is 2.60 bits per heavy atom. The molecule has 0 unspecified atom stereocenters. The first kappa shape index (κ1) is 18.3. The third-order valence-corrected chi connectivity index (χ3v) is 7.76. The molecule has 0 bridgehead atoms. The van der Waals surface area contributed by atoms with E-state index in [0.29, 0.717) is 5.69 Å². The van der Waals surface area contributed by atoms with Crippen molar-refractivity contribution in [1.29, 1.82) is 0 Å². The van der Waals surface area contributed by atoms with E-state index < -0.39 is 17.4 Å². The Morgan fingerprint density at radius 2 is 1.83 bits per heavy atom. The lowest BCUT2D eigenvalue weighted by Crippen LogP contribution is -2.54. The molecule has 4 aliphatic rings. The molecule has 0 saturated carbocycles. The molecule has 0 radical (unpaired) electrons. The van der Waals surface area contributed by atoms with Gasteiger partial charge in [-0.2, -0.15) is 0 Å². The number of benzene rings is 2. The second kappa shape index (κ2) is 6.02. The fraction of sp³-hybridized carbons (Fsp3) is 0.348. The Bertz CT molecular complexity index is 1130. The van der Waals surface area contributed by atoms with Crippen molar-refractivity contribution in [2.45, 2.75) is 31.3 Å². The zero-order valence-electron chi connectivity index (χ0n) is 16.4. The molecule has 4 atom stereocenters. The molecule has 1 spiro atoms. The number of amides is 3. The average molecular weight is 466 g/mol. The summed E-state index contributed by atoms with van der Waals surface area (Å²) in [7, 11) is 0. The number of fused-ring (bicyclic) bond motifs is 7. The van der Waals surface area contributed by atoms with E-state index in [1.807, 2.05) is 37.3 Å². The van der Waals surface area contributed by atoms with E-state index in [0.717, 1.165) is 40.7 Å². The second-order valence-electron chi connectivity index (χ2n) is 8.66. The van der Waals surface area contributed by atoms with Gasteiger partial charge in [0.05, 0.1) is 17.5 Å². The van der Waals surface area contributed by atoms with E-state index in [9.17, 15) is 14.4 Å². The van der Waals surface area contributed by atoms with Crippen LogP contribution in [-0.4, -0.2) is 35.2 Å². The molecule has 152 valence electrons. The first-order valence-corrected chi connectivity index (χ1v) is 11.1. The third kappa shape index (κ3) is 2.04. The van der Waals surface area contributed by atoms with Gasteiger partial charge in [-0.3, -0.25) is 19.3 Å². The molecular weight excluding hydrogens is 446 g/mol. The monoisotopic (exact) mass is 465 g/mol. The minimum Gasteiger partial charge on any atom is -0.324 e. The summed E-state index contributed by atoms with van der Waals surface area (Å²) in [4.78, 5) is 44.4. The van der Waals surface area contributed by atoms with Crippen molar-refractivity contribution >= 4 is 45.0 Å². The molecule has 6 rings (SSSR count). The van der Waals surface area contributed by atoms with Crippen LogP contribution in [0.25, 0.3) is 0 Å². The lowest BCUT2D eigenvalue weighted by Gasteiger charge is -2.36. The van der Waals surface area contributed by atoms with E-state index in [2.05, 4.69) is 26.1 Å². The number of carbonyl (C=O) groups excluding carboxylic acids is 3. The molecular formula is C23H20BrN3O3. The van der Waals surface area contributed by atoms with E-state index in [-0.39, 0.29) is 23.8 Å². The number of aryl methyl sites for hydroxylation is 1. The van der Waals surface area contributed by atoms with Crippen LogP contribution in [0.15, 0.2) is 46.9 Å². The van der Waals surface area contributed by atoms with Crippen LogP contribution in [0.2, 0.25) is 0 Å². The Morgan fingerprint density at radius 1 is 1.07 bits per heavy atom. The summed E-state index contributed by atoms with van der Waals surface area (Å²) < 4.78 is 0.878. The topological polar surface area (TPSA) is 69.7 Å². The van der Waals surface area contributed by atoms with E-state index in [1.54, 1.807) is 12.1 Å². The third-order valence-electron chi connectivity index (χ3n) is 7.23. The van der Waals surface area contributed by atoms with Gasteiger partial charge in [-0.15, -0.1) is 0 Å². The molecule has 0 aromatic heterocycles. The maximum atomic E-state index is 13.8. The molecule has 2 aromatic carbocycles. The van der Waals surface area contributed by atoms with Crippen LogP contribution < -0.4 is 10.2 Å². The van der Waals surface area contributed by atoms with E-state index >= 15 is 0 Å². The Balaban J connectivity index is 1.56. The number of rotatable bonds is 1. The minimum atomic E-state index is -1.11. The van der Waals surface area contributed by atoms with Gasteiger partial charge in [0, 0.05) is 21.8 Å². The highest BCUT2D eigenvalue weighted by Gasteiger charge is 2.74. The van der Waals surface area contributed by atoms with Crippen LogP contribution in [-0.2, 0) is 19.9 Å². The number of halogens is 1. The largest absolute Gasteiger partial charge is 0.324 e. The van der Waals surface area contributed by atoms with Crippen LogP contribution in [0.3, 0.4) is 0 Å². The van der Waals surface area contributed by atoms with Gasteiger partial charge in [0.1, 0.15) is 5.54 Å². The van der Waals surface area contributed by atoms with Gasteiger partial charge in [0.15, 0.2) is 0 Å². The van der Waals surface area contributed by atoms with Crippen molar-refractivity contribution in [2.24, 2.45) is 11.8 Å². The summed E-state index contributed by atoms with van der Waals surface area (Å²) in [5.74, 6) is -1.84. The number of carbonyl (C=O) groups is 3. The number of anilines is 2. The van der Waals surface area contributed by atoms with Crippen LogP contribution in [0, 0.1) is 18.8 Å².